The van der Waals surface area contributed by atoms with Crippen molar-refractivity contribution in [1.29, 1.82) is 0 Å². The predicted molar refractivity (Wildman–Crippen MR) is 116 cm³/mol. The van der Waals surface area contributed by atoms with Crippen molar-refractivity contribution in [1.82, 2.24) is 20.1 Å². The molecule has 2 heterocycles. The van der Waals surface area contributed by atoms with Crippen LogP contribution in [0.4, 0.5) is 5.95 Å². The predicted octanol–water partition coefficient (Wildman–Crippen LogP) is 2.32. The van der Waals surface area contributed by atoms with E-state index < -0.39 is 5.60 Å². The van der Waals surface area contributed by atoms with Gasteiger partial charge in [0.25, 0.3) is 11.8 Å². The van der Waals surface area contributed by atoms with Gasteiger partial charge in [-0.25, -0.2) is 0 Å². The molecule has 1 unspecified atom stereocenters. The van der Waals surface area contributed by atoms with E-state index in [0.29, 0.717) is 37.8 Å². The van der Waals surface area contributed by atoms with E-state index in [0.717, 1.165) is 37.7 Å². The highest BCUT2D eigenvalue weighted by molar-refractivity contribution is 5.85. The Labute approximate surface area is 182 Å². The summed E-state index contributed by atoms with van der Waals surface area (Å²) in [5.41, 5.74) is 0.187. The average Bonchev–Trinajstić information content (AvgIpc) is 3.24. The summed E-state index contributed by atoms with van der Waals surface area (Å²) >= 11 is 0. The van der Waals surface area contributed by atoms with Gasteiger partial charge in [0.05, 0.1) is 25.7 Å². The molecule has 1 amide bonds. The minimum atomic E-state index is -0.841. The number of aromatic nitrogens is 3. The molecule has 1 fully saturated rings. The molecular weight excluding hydrogens is 398 g/mol. The quantitative estimate of drug-likeness (QED) is 0.611. The van der Waals surface area contributed by atoms with Gasteiger partial charge < -0.3 is 20.1 Å². The molecule has 0 aromatic carbocycles. The summed E-state index contributed by atoms with van der Waals surface area (Å²) < 4.78 is 12.6. The molecule has 1 atom stereocenters. The van der Waals surface area contributed by atoms with E-state index in [1.54, 1.807) is 7.11 Å². The van der Waals surface area contributed by atoms with Crippen LogP contribution in [-0.4, -0.2) is 65.1 Å². The minimum absolute atomic E-state index is 0.0888. The van der Waals surface area contributed by atoms with E-state index >= 15 is 0 Å². The molecule has 1 saturated carbocycles. The molecule has 4 rings (SSSR count). The van der Waals surface area contributed by atoms with E-state index in [-0.39, 0.29) is 30.9 Å². The van der Waals surface area contributed by atoms with Crippen LogP contribution in [0.3, 0.4) is 0 Å². The lowest BCUT2D eigenvalue weighted by Gasteiger charge is -2.37. The molecule has 2 aliphatic carbocycles. The first-order chi connectivity index (χ1) is 15.1. The zero-order chi connectivity index (χ0) is 21.7. The van der Waals surface area contributed by atoms with Crippen molar-refractivity contribution in [3.05, 3.63) is 24.1 Å². The molecule has 0 spiro atoms. The van der Waals surface area contributed by atoms with Crippen molar-refractivity contribution in [3.63, 3.8) is 0 Å². The Morgan fingerprint density at radius 2 is 2.19 bits per heavy atom. The molecule has 1 aromatic heterocycles. The van der Waals surface area contributed by atoms with Gasteiger partial charge in [0, 0.05) is 13.7 Å². The molecule has 0 saturated heterocycles. The Balaban J connectivity index is 1.42. The second-order valence-electron chi connectivity index (χ2n) is 8.38. The van der Waals surface area contributed by atoms with Gasteiger partial charge in [-0.3, -0.25) is 9.59 Å². The van der Waals surface area contributed by atoms with Crippen molar-refractivity contribution in [3.8, 4) is 0 Å². The molecule has 31 heavy (non-hydrogen) atoms. The third-order valence-corrected chi connectivity index (χ3v) is 6.13. The van der Waals surface area contributed by atoms with Gasteiger partial charge in [0.1, 0.15) is 5.60 Å². The van der Waals surface area contributed by atoms with E-state index in [2.05, 4.69) is 26.8 Å². The zero-order valence-electron chi connectivity index (χ0n) is 18.1. The number of methoxy groups -OCH3 is 1. The van der Waals surface area contributed by atoms with Gasteiger partial charge in [-0.05, 0) is 31.3 Å². The number of nitrogens with one attached hydrogen (secondary N) is 2. The first kappa shape index (κ1) is 21.7. The van der Waals surface area contributed by atoms with Crippen LogP contribution in [-0.2, 0) is 14.3 Å². The Bertz CT molecular complexity index is 869. The normalized spacial score (nSPS) is 22.4. The number of amides is 1. The molecule has 9 heteroatoms. The van der Waals surface area contributed by atoms with Crippen LogP contribution >= 0.6 is 0 Å². The van der Waals surface area contributed by atoms with E-state index in [9.17, 15) is 9.59 Å². The van der Waals surface area contributed by atoms with Gasteiger partial charge in [-0.2, -0.15) is 9.67 Å². The van der Waals surface area contributed by atoms with Crippen LogP contribution in [0.15, 0.2) is 18.2 Å². The largest absolute Gasteiger partial charge is 0.383 e. The lowest BCUT2D eigenvalue weighted by atomic mass is 9.83. The fraction of sp³-hybridized carbons (Fsp3) is 0.636. The van der Waals surface area contributed by atoms with Crippen molar-refractivity contribution in [2.75, 3.05) is 32.2 Å². The van der Waals surface area contributed by atoms with Gasteiger partial charge in [0.2, 0.25) is 5.95 Å². The highest BCUT2D eigenvalue weighted by Gasteiger charge is 2.41. The van der Waals surface area contributed by atoms with Crippen LogP contribution in [0.2, 0.25) is 0 Å². The van der Waals surface area contributed by atoms with Crippen LogP contribution in [0, 0.1) is 0 Å². The summed E-state index contributed by atoms with van der Waals surface area (Å²) in [5.74, 6) is 0.824. The summed E-state index contributed by atoms with van der Waals surface area (Å²) in [6.07, 6.45) is 12.5. The van der Waals surface area contributed by atoms with Gasteiger partial charge in [0.15, 0.2) is 5.82 Å². The van der Waals surface area contributed by atoms with Crippen LogP contribution in [0.25, 0.3) is 5.57 Å². The fourth-order valence-corrected chi connectivity index (χ4v) is 4.38. The van der Waals surface area contributed by atoms with Crippen molar-refractivity contribution in [2.24, 2.45) is 0 Å². The second-order valence-corrected chi connectivity index (χ2v) is 8.38. The lowest BCUT2D eigenvalue weighted by molar-refractivity contribution is -0.153. The number of rotatable bonds is 8. The zero-order valence-corrected chi connectivity index (χ0v) is 18.1. The topological polar surface area (TPSA) is 107 Å². The average molecular weight is 430 g/mol. The van der Waals surface area contributed by atoms with Gasteiger partial charge >= 0.3 is 0 Å². The van der Waals surface area contributed by atoms with Crippen molar-refractivity contribution >= 4 is 23.3 Å². The number of allylic oxidation sites excluding steroid dienone is 4. The maximum Gasteiger partial charge on any atom is 0.252 e. The summed E-state index contributed by atoms with van der Waals surface area (Å²) in [4.78, 5) is 30.1. The summed E-state index contributed by atoms with van der Waals surface area (Å²) in [5, 5.41) is 10.6. The Morgan fingerprint density at radius 3 is 2.94 bits per heavy atom. The first-order valence-corrected chi connectivity index (χ1v) is 11.2. The van der Waals surface area contributed by atoms with E-state index in [1.807, 2.05) is 12.2 Å². The molecule has 2 N–H and O–H groups in total. The molecule has 168 valence electrons. The second kappa shape index (κ2) is 9.74. The molecule has 9 nitrogen and oxygen atoms in total. The highest BCUT2D eigenvalue weighted by atomic mass is 16.5. The summed E-state index contributed by atoms with van der Waals surface area (Å²) in [6, 6.07) is -0.247. The van der Waals surface area contributed by atoms with Crippen molar-refractivity contribution in [2.45, 2.75) is 63.0 Å². The monoisotopic (exact) mass is 429 g/mol. The minimum Gasteiger partial charge on any atom is -0.383 e. The molecule has 1 aromatic rings. The van der Waals surface area contributed by atoms with Gasteiger partial charge in [-0.1, -0.05) is 37.5 Å². The van der Waals surface area contributed by atoms with E-state index in [4.69, 9.17) is 9.47 Å². The number of nitrogens with zero attached hydrogens (tertiary/aromatic N) is 3. The molecule has 0 radical (unpaired) electrons. The Morgan fingerprint density at radius 1 is 1.35 bits per heavy atom. The Kier molecular flexibility index (Phi) is 6.82. The molecule has 1 aliphatic heterocycles. The number of carbonyl (C=O) groups is 2. The van der Waals surface area contributed by atoms with E-state index in [1.165, 1.54) is 4.68 Å². The third-order valence-electron chi connectivity index (χ3n) is 6.13. The Hall–Kier alpha value is -2.52. The lowest BCUT2D eigenvalue weighted by Crippen LogP contribution is -2.52. The standard InChI is InChI=1S/C22H31N5O4/c1-30-13-12-23-20(29)22(10-6-3-7-11-22)31-15-17-14-18(28)27-21(24-17)25-19(26-27)16-8-4-2-5-9-16/h2,4,8,17H,3,5-7,9-15H2,1H3,(H,23,29)(H,24,25,26). The van der Waals surface area contributed by atoms with Crippen LogP contribution in [0.1, 0.15) is 62.0 Å². The van der Waals surface area contributed by atoms with Crippen LogP contribution < -0.4 is 10.6 Å². The third kappa shape index (κ3) is 4.88. The summed E-state index contributed by atoms with van der Waals surface area (Å²) in [7, 11) is 1.61. The SMILES string of the molecule is COCCNC(=O)C1(OCC2CC(=O)n3nc(C4=CC=CCC4)nc3N2)CCCCC1. The first-order valence-electron chi connectivity index (χ1n) is 11.2. The number of hydrogen-bond acceptors (Lipinski definition) is 7. The highest BCUT2D eigenvalue weighted by Crippen LogP contribution is 2.33. The van der Waals surface area contributed by atoms with Gasteiger partial charge in [-0.15, -0.1) is 5.10 Å². The number of fused-ring (bicyclic) bond motifs is 1. The smallest absolute Gasteiger partial charge is 0.252 e. The maximum atomic E-state index is 12.9. The number of anilines is 1. The van der Waals surface area contributed by atoms with Crippen molar-refractivity contribution < 1.29 is 19.1 Å². The number of hydrogen-bond donors (Lipinski definition) is 2. The molecule has 3 aliphatic rings. The molecular formula is C22H31N5O4. The maximum absolute atomic E-state index is 12.9. The molecule has 0 bridgehead atoms. The summed E-state index contributed by atoms with van der Waals surface area (Å²) in [6.45, 7) is 1.18. The fourth-order valence-electron chi connectivity index (χ4n) is 4.38. The number of carbonyl (C=O) groups excluding carboxylic acids is 2. The van der Waals surface area contributed by atoms with Crippen LogP contribution in [0.5, 0.6) is 0 Å². The number of ether oxygens (including phenoxy) is 2.